The molecular formula is C10H19NO2. The molecule has 0 aromatic heterocycles. The lowest BCUT2D eigenvalue weighted by atomic mass is 9.82. The molecule has 13 heavy (non-hydrogen) atoms. The van der Waals surface area contributed by atoms with E-state index in [0.29, 0.717) is 18.4 Å². The fourth-order valence-corrected chi connectivity index (χ4v) is 2.13. The minimum atomic E-state index is -0.0767. The molecule has 0 spiro atoms. The van der Waals surface area contributed by atoms with Gasteiger partial charge in [0, 0.05) is 12.5 Å². The molecule has 1 aliphatic carbocycles. The Morgan fingerprint density at radius 2 is 2.15 bits per heavy atom. The van der Waals surface area contributed by atoms with Gasteiger partial charge >= 0.3 is 5.97 Å². The number of nitrogens with one attached hydrogen (secondary N) is 1. The lowest BCUT2D eigenvalue weighted by Gasteiger charge is -2.30. The van der Waals surface area contributed by atoms with E-state index in [1.54, 1.807) is 0 Å². The standard InChI is InChI=1S/C10H19NO2/c1-11-9-6-4-3-5-8(9)7-10(12)13-2/h8-9,11H,3-7H2,1-2H3. The van der Waals surface area contributed by atoms with Crippen molar-refractivity contribution in [1.29, 1.82) is 0 Å². The number of carbonyl (C=O) groups excluding carboxylic acids is 1. The Bertz CT molecular complexity index is 170. The Morgan fingerprint density at radius 1 is 1.46 bits per heavy atom. The number of carbonyl (C=O) groups is 1. The summed E-state index contributed by atoms with van der Waals surface area (Å²) in [6.07, 6.45) is 5.45. The predicted octanol–water partition coefficient (Wildman–Crippen LogP) is 1.33. The van der Waals surface area contributed by atoms with Gasteiger partial charge < -0.3 is 10.1 Å². The van der Waals surface area contributed by atoms with Gasteiger partial charge in [-0.15, -0.1) is 0 Å². The lowest BCUT2D eigenvalue weighted by Crippen LogP contribution is -2.37. The van der Waals surface area contributed by atoms with Gasteiger partial charge in [0.15, 0.2) is 0 Å². The van der Waals surface area contributed by atoms with Gasteiger partial charge in [-0.3, -0.25) is 4.79 Å². The van der Waals surface area contributed by atoms with Crippen LogP contribution in [0.1, 0.15) is 32.1 Å². The van der Waals surface area contributed by atoms with Crippen LogP contribution in [0.3, 0.4) is 0 Å². The van der Waals surface area contributed by atoms with Crippen LogP contribution in [-0.4, -0.2) is 26.2 Å². The third kappa shape index (κ3) is 2.99. The highest BCUT2D eigenvalue weighted by atomic mass is 16.5. The largest absolute Gasteiger partial charge is 0.469 e. The summed E-state index contributed by atoms with van der Waals surface area (Å²) >= 11 is 0. The molecule has 1 fully saturated rings. The minimum absolute atomic E-state index is 0.0767. The first-order chi connectivity index (χ1) is 6.27. The summed E-state index contributed by atoms with van der Waals surface area (Å²) in [5, 5.41) is 3.28. The van der Waals surface area contributed by atoms with E-state index in [1.165, 1.54) is 26.4 Å². The van der Waals surface area contributed by atoms with Crippen LogP contribution in [-0.2, 0) is 9.53 Å². The highest BCUT2D eigenvalue weighted by Gasteiger charge is 2.25. The molecule has 1 N–H and O–H groups in total. The van der Waals surface area contributed by atoms with Gasteiger partial charge in [-0.2, -0.15) is 0 Å². The third-order valence-electron chi connectivity index (χ3n) is 2.94. The van der Waals surface area contributed by atoms with Crippen LogP contribution in [0.25, 0.3) is 0 Å². The van der Waals surface area contributed by atoms with E-state index in [2.05, 4.69) is 10.1 Å². The lowest BCUT2D eigenvalue weighted by molar-refractivity contribution is -0.142. The van der Waals surface area contributed by atoms with E-state index in [1.807, 2.05) is 7.05 Å². The van der Waals surface area contributed by atoms with Gasteiger partial charge in [-0.05, 0) is 25.8 Å². The first-order valence-corrected chi connectivity index (χ1v) is 5.02. The fraction of sp³-hybridized carbons (Fsp3) is 0.900. The number of hydrogen-bond donors (Lipinski definition) is 1. The van der Waals surface area contributed by atoms with Crippen LogP contribution in [0, 0.1) is 5.92 Å². The van der Waals surface area contributed by atoms with E-state index in [-0.39, 0.29) is 5.97 Å². The second-order valence-electron chi connectivity index (χ2n) is 3.72. The average molecular weight is 185 g/mol. The van der Waals surface area contributed by atoms with Gasteiger partial charge in [0.1, 0.15) is 0 Å². The summed E-state index contributed by atoms with van der Waals surface area (Å²) in [4.78, 5) is 11.1. The van der Waals surface area contributed by atoms with Gasteiger partial charge in [0.2, 0.25) is 0 Å². The zero-order valence-corrected chi connectivity index (χ0v) is 8.51. The van der Waals surface area contributed by atoms with Crippen LogP contribution in [0.5, 0.6) is 0 Å². The molecule has 3 heteroatoms. The summed E-state index contributed by atoms with van der Waals surface area (Å²) < 4.78 is 4.68. The molecule has 0 radical (unpaired) electrons. The van der Waals surface area contributed by atoms with Crippen molar-refractivity contribution >= 4 is 5.97 Å². The molecule has 0 bridgehead atoms. The molecule has 0 heterocycles. The summed E-state index contributed by atoms with van der Waals surface area (Å²) in [7, 11) is 3.43. The first kappa shape index (κ1) is 10.5. The van der Waals surface area contributed by atoms with Gasteiger partial charge in [0.05, 0.1) is 7.11 Å². The summed E-state index contributed by atoms with van der Waals surface area (Å²) in [5.41, 5.74) is 0. The molecule has 0 aliphatic heterocycles. The van der Waals surface area contributed by atoms with Crippen LogP contribution >= 0.6 is 0 Å². The van der Waals surface area contributed by atoms with Gasteiger partial charge in [-0.1, -0.05) is 12.8 Å². The number of hydrogen-bond acceptors (Lipinski definition) is 3. The van der Waals surface area contributed by atoms with E-state index in [9.17, 15) is 4.79 Å². The molecular weight excluding hydrogens is 166 g/mol. The Labute approximate surface area is 79.8 Å². The van der Waals surface area contributed by atoms with Crippen molar-refractivity contribution < 1.29 is 9.53 Å². The molecule has 1 rings (SSSR count). The SMILES string of the molecule is CNC1CCCCC1CC(=O)OC. The molecule has 1 aliphatic rings. The molecule has 3 nitrogen and oxygen atoms in total. The fourth-order valence-electron chi connectivity index (χ4n) is 2.13. The molecule has 0 aromatic carbocycles. The predicted molar refractivity (Wildman–Crippen MR) is 51.4 cm³/mol. The molecule has 1 saturated carbocycles. The average Bonchev–Trinajstić information content (AvgIpc) is 2.18. The third-order valence-corrected chi connectivity index (χ3v) is 2.94. The Morgan fingerprint density at radius 3 is 2.77 bits per heavy atom. The van der Waals surface area contributed by atoms with Crippen LogP contribution in [0.2, 0.25) is 0 Å². The maximum absolute atomic E-state index is 11.1. The zero-order chi connectivity index (χ0) is 9.68. The number of rotatable bonds is 3. The van der Waals surface area contributed by atoms with Crippen molar-refractivity contribution in [2.45, 2.75) is 38.1 Å². The van der Waals surface area contributed by atoms with Crippen LogP contribution in [0.15, 0.2) is 0 Å². The van der Waals surface area contributed by atoms with Crippen molar-refractivity contribution in [1.82, 2.24) is 5.32 Å². The van der Waals surface area contributed by atoms with E-state index in [0.717, 1.165) is 6.42 Å². The van der Waals surface area contributed by atoms with Crippen molar-refractivity contribution in [3.8, 4) is 0 Å². The second kappa shape index (κ2) is 5.22. The van der Waals surface area contributed by atoms with Gasteiger partial charge in [0.25, 0.3) is 0 Å². The van der Waals surface area contributed by atoms with Crippen molar-refractivity contribution in [3.63, 3.8) is 0 Å². The first-order valence-electron chi connectivity index (χ1n) is 5.02. The van der Waals surface area contributed by atoms with E-state index in [4.69, 9.17) is 0 Å². The molecule has 0 amide bonds. The highest BCUT2D eigenvalue weighted by molar-refractivity contribution is 5.69. The van der Waals surface area contributed by atoms with Gasteiger partial charge in [-0.25, -0.2) is 0 Å². The maximum Gasteiger partial charge on any atom is 0.305 e. The summed E-state index contributed by atoms with van der Waals surface area (Å²) in [6.45, 7) is 0. The van der Waals surface area contributed by atoms with Crippen molar-refractivity contribution in [2.75, 3.05) is 14.2 Å². The summed E-state index contributed by atoms with van der Waals surface area (Å²) in [6, 6.07) is 0.507. The van der Waals surface area contributed by atoms with E-state index < -0.39 is 0 Å². The Balaban J connectivity index is 2.40. The molecule has 2 atom stereocenters. The van der Waals surface area contributed by atoms with Crippen molar-refractivity contribution in [3.05, 3.63) is 0 Å². The quantitative estimate of drug-likeness (QED) is 0.674. The second-order valence-corrected chi connectivity index (χ2v) is 3.72. The highest BCUT2D eigenvalue weighted by Crippen LogP contribution is 2.26. The van der Waals surface area contributed by atoms with E-state index >= 15 is 0 Å². The number of methoxy groups -OCH3 is 1. The molecule has 76 valence electrons. The van der Waals surface area contributed by atoms with Crippen LogP contribution < -0.4 is 5.32 Å². The Hall–Kier alpha value is -0.570. The number of esters is 1. The zero-order valence-electron chi connectivity index (χ0n) is 8.51. The molecule has 0 aromatic rings. The smallest absolute Gasteiger partial charge is 0.305 e. The van der Waals surface area contributed by atoms with Crippen LogP contribution in [0.4, 0.5) is 0 Å². The maximum atomic E-state index is 11.1. The molecule has 0 saturated heterocycles. The monoisotopic (exact) mass is 185 g/mol. The topological polar surface area (TPSA) is 38.3 Å². The summed E-state index contributed by atoms with van der Waals surface area (Å²) in [5.74, 6) is 0.401. The molecule has 2 unspecified atom stereocenters. The minimum Gasteiger partial charge on any atom is -0.469 e. The number of ether oxygens (including phenoxy) is 1. The van der Waals surface area contributed by atoms with Crippen molar-refractivity contribution in [2.24, 2.45) is 5.92 Å². The Kier molecular flexibility index (Phi) is 4.22. The normalized spacial score (nSPS) is 28.5.